The monoisotopic (exact) mass is 282 g/mol. The molecule has 0 aromatic heterocycles. The van der Waals surface area contributed by atoms with Crippen molar-refractivity contribution in [2.75, 3.05) is 19.6 Å². The summed E-state index contributed by atoms with van der Waals surface area (Å²) in [5.41, 5.74) is 0. The lowest BCUT2D eigenvalue weighted by Crippen LogP contribution is -2.44. The molecule has 1 atom stereocenters. The molecule has 1 N–H and O–H groups in total. The predicted octanol–water partition coefficient (Wildman–Crippen LogP) is 3.73. The highest BCUT2D eigenvalue weighted by molar-refractivity contribution is 5.82. The molecule has 0 radical (unpaired) electrons. The van der Waals surface area contributed by atoms with Crippen LogP contribution in [-0.4, -0.2) is 36.5 Å². The van der Waals surface area contributed by atoms with Crippen LogP contribution in [0.3, 0.4) is 0 Å². The Kier molecular flexibility index (Phi) is 9.73. The third-order valence-electron chi connectivity index (χ3n) is 4.23. The molecule has 0 bridgehead atoms. The minimum Gasteiger partial charge on any atom is -0.341 e. The third kappa shape index (κ3) is 6.74. The van der Waals surface area contributed by atoms with Gasteiger partial charge in [-0.3, -0.25) is 4.79 Å². The Morgan fingerprint density at radius 1 is 1.00 bits per heavy atom. The van der Waals surface area contributed by atoms with E-state index in [0.717, 1.165) is 32.5 Å². The fraction of sp³-hybridized carbons (Fsp3) is 0.941. The van der Waals surface area contributed by atoms with Crippen LogP contribution in [0.15, 0.2) is 0 Å². The molecule has 0 saturated carbocycles. The fourth-order valence-electron chi connectivity index (χ4n) is 2.91. The number of nitrogens with one attached hydrogen (secondary N) is 1. The van der Waals surface area contributed by atoms with E-state index in [2.05, 4.69) is 24.1 Å². The van der Waals surface area contributed by atoms with Crippen LogP contribution >= 0.6 is 0 Å². The summed E-state index contributed by atoms with van der Waals surface area (Å²) < 4.78 is 0. The Morgan fingerprint density at radius 2 is 1.60 bits per heavy atom. The summed E-state index contributed by atoms with van der Waals surface area (Å²) in [6.45, 7) is 7.40. The van der Waals surface area contributed by atoms with Gasteiger partial charge in [-0.15, -0.1) is 0 Å². The second-order valence-electron chi connectivity index (χ2n) is 6.10. The molecule has 1 rings (SSSR count). The van der Waals surface area contributed by atoms with E-state index in [4.69, 9.17) is 0 Å². The van der Waals surface area contributed by atoms with Crippen LogP contribution in [0.5, 0.6) is 0 Å². The van der Waals surface area contributed by atoms with E-state index in [0.29, 0.717) is 5.91 Å². The van der Waals surface area contributed by atoms with Gasteiger partial charge in [0.25, 0.3) is 0 Å². The number of unbranched alkanes of at least 4 members (excludes halogenated alkanes) is 6. The van der Waals surface area contributed by atoms with Gasteiger partial charge < -0.3 is 10.2 Å². The van der Waals surface area contributed by atoms with Gasteiger partial charge >= 0.3 is 0 Å². The van der Waals surface area contributed by atoms with Crippen molar-refractivity contribution in [1.82, 2.24) is 10.2 Å². The number of hydrogen-bond acceptors (Lipinski definition) is 2. The van der Waals surface area contributed by atoms with Crippen molar-refractivity contribution >= 4 is 5.91 Å². The molecule has 1 saturated heterocycles. The molecule has 1 aliphatic rings. The molecular formula is C17H34N2O. The van der Waals surface area contributed by atoms with Gasteiger partial charge in [0.2, 0.25) is 5.91 Å². The van der Waals surface area contributed by atoms with E-state index in [1.54, 1.807) is 0 Å². The summed E-state index contributed by atoms with van der Waals surface area (Å²) in [5, 5.41) is 3.35. The Balaban J connectivity index is 2.33. The lowest BCUT2D eigenvalue weighted by atomic mass is 10.1. The van der Waals surface area contributed by atoms with Gasteiger partial charge in [0.05, 0.1) is 6.04 Å². The maximum atomic E-state index is 12.5. The van der Waals surface area contributed by atoms with Gasteiger partial charge in [-0.1, -0.05) is 52.4 Å². The first-order valence-electron chi connectivity index (χ1n) is 8.81. The zero-order valence-corrected chi connectivity index (χ0v) is 13.6. The van der Waals surface area contributed by atoms with Crippen LogP contribution in [0.1, 0.15) is 78.1 Å². The van der Waals surface area contributed by atoms with Gasteiger partial charge in [0.15, 0.2) is 0 Å². The molecule has 20 heavy (non-hydrogen) atoms. The van der Waals surface area contributed by atoms with E-state index in [1.807, 2.05) is 0 Å². The SMILES string of the molecule is CCCCCCN(CCCCCC)C(=O)[C@H]1CCCN1. The van der Waals surface area contributed by atoms with E-state index in [9.17, 15) is 4.79 Å². The van der Waals surface area contributed by atoms with Crippen molar-refractivity contribution in [3.63, 3.8) is 0 Å². The van der Waals surface area contributed by atoms with Gasteiger partial charge in [0, 0.05) is 13.1 Å². The van der Waals surface area contributed by atoms with Crippen molar-refractivity contribution in [3.8, 4) is 0 Å². The van der Waals surface area contributed by atoms with E-state index in [1.165, 1.54) is 51.4 Å². The number of amides is 1. The van der Waals surface area contributed by atoms with E-state index < -0.39 is 0 Å². The maximum absolute atomic E-state index is 12.5. The lowest BCUT2D eigenvalue weighted by molar-refractivity contribution is -0.133. The number of nitrogens with zero attached hydrogens (tertiary/aromatic N) is 1. The smallest absolute Gasteiger partial charge is 0.239 e. The second kappa shape index (κ2) is 11.1. The van der Waals surface area contributed by atoms with Gasteiger partial charge in [-0.25, -0.2) is 0 Å². The summed E-state index contributed by atoms with van der Waals surface area (Å²) in [4.78, 5) is 14.7. The van der Waals surface area contributed by atoms with Crippen molar-refractivity contribution in [3.05, 3.63) is 0 Å². The molecular weight excluding hydrogens is 248 g/mol. The molecule has 0 aromatic rings. The lowest BCUT2D eigenvalue weighted by Gasteiger charge is -2.26. The molecule has 0 spiro atoms. The fourth-order valence-corrected chi connectivity index (χ4v) is 2.91. The molecule has 1 fully saturated rings. The summed E-state index contributed by atoms with van der Waals surface area (Å²) in [5.74, 6) is 0.357. The summed E-state index contributed by atoms with van der Waals surface area (Å²) in [7, 11) is 0. The highest BCUT2D eigenvalue weighted by atomic mass is 16.2. The third-order valence-corrected chi connectivity index (χ3v) is 4.23. The zero-order chi connectivity index (χ0) is 14.6. The van der Waals surface area contributed by atoms with Crippen LogP contribution in [0.2, 0.25) is 0 Å². The van der Waals surface area contributed by atoms with Crippen LogP contribution in [0.4, 0.5) is 0 Å². The largest absolute Gasteiger partial charge is 0.341 e. The highest BCUT2D eigenvalue weighted by Crippen LogP contribution is 2.12. The average molecular weight is 282 g/mol. The van der Waals surface area contributed by atoms with E-state index in [-0.39, 0.29) is 6.04 Å². The Labute approximate surface area is 125 Å². The minimum absolute atomic E-state index is 0.104. The quantitative estimate of drug-likeness (QED) is 0.586. The first-order valence-corrected chi connectivity index (χ1v) is 8.81. The minimum atomic E-state index is 0.104. The molecule has 0 aliphatic carbocycles. The van der Waals surface area contributed by atoms with Crippen molar-refractivity contribution in [2.24, 2.45) is 0 Å². The molecule has 118 valence electrons. The van der Waals surface area contributed by atoms with Crippen molar-refractivity contribution in [1.29, 1.82) is 0 Å². The summed E-state index contributed by atoms with van der Waals surface area (Å²) in [6, 6.07) is 0.104. The summed E-state index contributed by atoms with van der Waals surface area (Å²) >= 11 is 0. The molecule has 0 unspecified atom stereocenters. The van der Waals surface area contributed by atoms with Gasteiger partial charge in [0.1, 0.15) is 0 Å². The van der Waals surface area contributed by atoms with Crippen LogP contribution in [-0.2, 0) is 4.79 Å². The standard InChI is InChI=1S/C17H34N2O/c1-3-5-7-9-14-19(15-10-8-6-4-2)17(20)16-12-11-13-18-16/h16,18H,3-15H2,1-2H3/t16-/m1/s1. The second-order valence-corrected chi connectivity index (χ2v) is 6.10. The normalized spacial score (nSPS) is 18.4. The first kappa shape index (κ1) is 17.5. The number of carbonyl (C=O) groups is 1. The summed E-state index contributed by atoms with van der Waals surface area (Å²) in [6.07, 6.45) is 12.1. The topological polar surface area (TPSA) is 32.3 Å². The van der Waals surface area contributed by atoms with E-state index >= 15 is 0 Å². The molecule has 0 aromatic carbocycles. The van der Waals surface area contributed by atoms with Crippen LogP contribution in [0.25, 0.3) is 0 Å². The Morgan fingerprint density at radius 3 is 2.05 bits per heavy atom. The highest BCUT2D eigenvalue weighted by Gasteiger charge is 2.26. The first-order chi connectivity index (χ1) is 9.79. The van der Waals surface area contributed by atoms with Crippen molar-refractivity contribution in [2.45, 2.75) is 84.1 Å². The maximum Gasteiger partial charge on any atom is 0.239 e. The average Bonchev–Trinajstić information content (AvgIpc) is 2.99. The van der Waals surface area contributed by atoms with Gasteiger partial charge in [-0.05, 0) is 32.2 Å². The number of rotatable bonds is 11. The Bertz CT molecular complexity index is 237. The zero-order valence-electron chi connectivity index (χ0n) is 13.6. The predicted molar refractivity (Wildman–Crippen MR) is 85.9 cm³/mol. The van der Waals surface area contributed by atoms with Crippen molar-refractivity contribution < 1.29 is 4.79 Å². The Hall–Kier alpha value is -0.570. The molecule has 1 amide bonds. The molecule has 3 nitrogen and oxygen atoms in total. The number of carbonyl (C=O) groups excluding carboxylic acids is 1. The molecule has 3 heteroatoms. The van der Waals surface area contributed by atoms with Gasteiger partial charge in [-0.2, -0.15) is 0 Å². The van der Waals surface area contributed by atoms with Crippen LogP contribution in [0, 0.1) is 0 Å². The molecule has 1 aliphatic heterocycles. The molecule has 1 heterocycles. The number of hydrogen-bond donors (Lipinski definition) is 1. The van der Waals surface area contributed by atoms with Crippen LogP contribution < -0.4 is 5.32 Å².